The van der Waals surface area contributed by atoms with Gasteiger partial charge in [-0.25, -0.2) is 4.39 Å². The highest BCUT2D eigenvalue weighted by Gasteiger charge is 2.24. The fourth-order valence-electron chi connectivity index (χ4n) is 2.98. The first-order valence-corrected chi connectivity index (χ1v) is 11.1. The van der Waals surface area contributed by atoms with Crippen molar-refractivity contribution in [3.8, 4) is 11.4 Å². The highest BCUT2D eigenvalue weighted by Crippen LogP contribution is 2.29. The highest BCUT2D eigenvalue weighted by molar-refractivity contribution is 8.00. The maximum atomic E-state index is 13.5. The van der Waals surface area contributed by atoms with Gasteiger partial charge in [-0.1, -0.05) is 23.9 Å². The van der Waals surface area contributed by atoms with E-state index >= 15 is 0 Å². The number of carbonyl (C=O) groups excluding carboxylic acids is 1. The number of carbonyl (C=O) groups is 1. The molecular weight excluding hydrogens is 429 g/mol. The molecule has 0 fully saturated rings. The molecule has 0 spiro atoms. The Hall–Kier alpha value is -2.91. The molecule has 0 aliphatic carbocycles. The number of aromatic nitrogens is 3. The van der Waals surface area contributed by atoms with Crippen LogP contribution in [0.4, 0.5) is 4.39 Å². The zero-order valence-corrected chi connectivity index (χ0v) is 19.7. The molecule has 170 valence electrons. The van der Waals surface area contributed by atoms with Crippen LogP contribution in [-0.4, -0.2) is 52.0 Å². The SMILES string of the molecule is COc1ccc(CNC(=O)[C@@H](C)Sc2nnc([C@@H](C)N(C)C)n2-c2ccc(F)cc2)cc1. The number of amides is 1. The minimum absolute atomic E-state index is 0.0268. The molecule has 1 heterocycles. The molecular formula is C23H28FN5O2S. The number of nitrogens with one attached hydrogen (secondary N) is 1. The van der Waals surface area contributed by atoms with Gasteiger partial charge in [0.15, 0.2) is 11.0 Å². The Balaban J connectivity index is 1.76. The van der Waals surface area contributed by atoms with Gasteiger partial charge < -0.3 is 10.1 Å². The molecule has 0 bridgehead atoms. The van der Waals surface area contributed by atoms with Crippen molar-refractivity contribution >= 4 is 17.7 Å². The van der Waals surface area contributed by atoms with Crippen molar-refractivity contribution in [3.63, 3.8) is 0 Å². The highest BCUT2D eigenvalue weighted by atomic mass is 32.2. The number of thioether (sulfide) groups is 1. The van der Waals surface area contributed by atoms with Crippen LogP contribution in [0.25, 0.3) is 5.69 Å². The van der Waals surface area contributed by atoms with E-state index in [0.717, 1.165) is 22.8 Å². The van der Waals surface area contributed by atoms with Gasteiger partial charge in [0.1, 0.15) is 11.6 Å². The zero-order chi connectivity index (χ0) is 23.3. The molecule has 32 heavy (non-hydrogen) atoms. The number of benzene rings is 2. The lowest BCUT2D eigenvalue weighted by Gasteiger charge is -2.21. The van der Waals surface area contributed by atoms with Gasteiger partial charge in [-0.2, -0.15) is 0 Å². The predicted molar refractivity (Wildman–Crippen MR) is 124 cm³/mol. The van der Waals surface area contributed by atoms with E-state index in [1.54, 1.807) is 19.2 Å². The Morgan fingerprint density at radius 2 is 1.78 bits per heavy atom. The summed E-state index contributed by atoms with van der Waals surface area (Å²) in [6, 6.07) is 13.7. The van der Waals surface area contributed by atoms with Crippen molar-refractivity contribution < 1.29 is 13.9 Å². The maximum Gasteiger partial charge on any atom is 0.233 e. The summed E-state index contributed by atoms with van der Waals surface area (Å²) in [7, 11) is 5.53. The number of halogens is 1. The summed E-state index contributed by atoms with van der Waals surface area (Å²) in [5, 5.41) is 11.8. The van der Waals surface area contributed by atoms with Gasteiger partial charge in [0, 0.05) is 12.2 Å². The lowest BCUT2D eigenvalue weighted by molar-refractivity contribution is -0.120. The number of rotatable bonds is 9. The van der Waals surface area contributed by atoms with Crippen LogP contribution < -0.4 is 10.1 Å². The molecule has 2 atom stereocenters. The fourth-order valence-corrected chi connectivity index (χ4v) is 3.88. The first-order valence-electron chi connectivity index (χ1n) is 10.2. The van der Waals surface area contributed by atoms with Crippen LogP contribution in [0.1, 0.15) is 31.3 Å². The normalized spacial score (nSPS) is 13.1. The molecule has 0 saturated carbocycles. The molecule has 9 heteroatoms. The number of methoxy groups -OCH3 is 1. The molecule has 7 nitrogen and oxygen atoms in total. The fraction of sp³-hybridized carbons (Fsp3) is 0.348. The third-order valence-corrected chi connectivity index (χ3v) is 6.21. The van der Waals surface area contributed by atoms with Crippen molar-refractivity contribution in [2.75, 3.05) is 21.2 Å². The van der Waals surface area contributed by atoms with E-state index in [0.29, 0.717) is 11.7 Å². The number of ether oxygens (including phenoxy) is 1. The third-order valence-electron chi connectivity index (χ3n) is 5.17. The van der Waals surface area contributed by atoms with Crippen LogP contribution in [-0.2, 0) is 11.3 Å². The molecule has 0 aliphatic heterocycles. The Morgan fingerprint density at radius 3 is 2.38 bits per heavy atom. The summed E-state index contributed by atoms with van der Waals surface area (Å²) < 4.78 is 20.5. The Bertz CT molecular complexity index is 1040. The average Bonchev–Trinajstić information content (AvgIpc) is 3.20. The van der Waals surface area contributed by atoms with Gasteiger partial charge in [0.2, 0.25) is 5.91 Å². The molecule has 0 radical (unpaired) electrons. The monoisotopic (exact) mass is 457 g/mol. The number of hydrogen-bond acceptors (Lipinski definition) is 6. The van der Waals surface area contributed by atoms with Gasteiger partial charge >= 0.3 is 0 Å². The van der Waals surface area contributed by atoms with Gasteiger partial charge in [0.05, 0.1) is 18.4 Å². The predicted octanol–water partition coefficient (Wildman–Crippen LogP) is 3.83. The minimum atomic E-state index is -0.404. The van der Waals surface area contributed by atoms with Crippen LogP contribution in [0, 0.1) is 5.82 Å². The van der Waals surface area contributed by atoms with E-state index in [2.05, 4.69) is 15.5 Å². The molecule has 0 aliphatic rings. The van der Waals surface area contributed by atoms with Gasteiger partial charge in [-0.15, -0.1) is 10.2 Å². The lowest BCUT2D eigenvalue weighted by Crippen LogP contribution is -2.30. The summed E-state index contributed by atoms with van der Waals surface area (Å²) in [5.74, 6) is 1.06. The quantitative estimate of drug-likeness (QED) is 0.493. The Morgan fingerprint density at radius 1 is 1.12 bits per heavy atom. The van der Waals surface area contributed by atoms with Crippen molar-refractivity contribution in [1.82, 2.24) is 25.0 Å². The smallest absolute Gasteiger partial charge is 0.233 e. The van der Waals surface area contributed by atoms with Crippen molar-refractivity contribution in [2.45, 2.75) is 36.8 Å². The Kier molecular flexibility index (Phi) is 7.87. The van der Waals surface area contributed by atoms with Crippen LogP contribution in [0.3, 0.4) is 0 Å². The topological polar surface area (TPSA) is 72.3 Å². The summed E-state index contributed by atoms with van der Waals surface area (Å²) in [5.41, 5.74) is 1.72. The van der Waals surface area contributed by atoms with E-state index < -0.39 is 5.25 Å². The Labute approximate surface area is 192 Å². The van der Waals surface area contributed by atoms with E-state index in [9.17, 15) is 9.18 Å². The van der Waals surface area contributed by atoms with E-state index in [1.807, 2.05) is 61.7 Å². The van der Waals surface area contributed by atoms with Crippen LogP contribution in [0.5, 0.6) is 5.75 Å². The summed E-state index contributed by atoms with van der Waals surface area (Å²) >= 11 is 1.31. The second-order valence-corrected chi connectivity index (χ2v) is 8.93. The van der Waals surface area contributed by atoms with E-state index in [-0.39, 0.29) is 17.8 Å². The molecule has 0 saturated heterocycles. The zero-order valence-electron chi connectivity index (χ0n) is 18.9. The molecule has 3 aromatic rings. The first kappa shape index (κ1) is 23.7. The van der Waals surface area contributed by atoms with Crippen molar-refractivity contribution in [2.24, 2.45) is 0 Å². The first-order chi connectivity index (χ1) is 15.3. The third kappa shape index (κ3) is 5.66. The standard InChI is InChI=1S/C23H28FN5O2S/c1-15(28(3)4)21-26-27-23(29(21)19-10-8-18(24)9-11-19)32-16(2)22(30)25-14-17-6-12-20(31-5)13-7-17/h6-13,15-16H,14H2,1-5H3,(H,25,30)/t15-,16-/m1/s1. The second kappa shape index (κ2) is 10.6. The van der Waals surface area contributed by atoms with Crippen LogP contribution in [0.2, 0.25) is 0 Å². The lowest BCUT2D eigenvalue weighted by atomic mass is 10.2. The molecule has 0 unspecified atom stereocenters. The van der Waals surface area contributed by atoms with Crippen LogP contribution >= 0.6 is 11.8 Å². The molecule has 2 aromatic carbocycles. The van der Waals surface area contributed by atoms with Gasteiger partial charge in [-0.05, 0) is 69.9 Å². The van der Waals surface area contributed by atoms with Crippen LogP contribution in [0.15, 0.2) is 53.7 Å². The molecule has 3 rings (SSSR count). The summed E-state index contributed by atoms with van der Waals surface area (Å²) in [6.07, 6.45) is 0. The van der Waals surface area contributed by atoms with Crippen molar-refractivity contribution in [3.05, 3.63) is 65.7 Å². The second-order valence-electron chi connectivity index (χ2n) is 7.62. The van der Waals surface area contributed by atoms with E-state index in [4.69, 9.17) is 4.74 Å². The number of hydrogen-bond donors (Lipinski definition) is 1. The minimum Gasteiger partial charge on any atom is -0.497 e. The van der Waals surface area contributed by atoms with Gasteiger partial charge in [0.25, 0.3) is 0 Å². The number of nitrogens with zero attached hydrogens (tertiary/aromatic N) is 4. The molecule has 1 N–H and O–H groups in total. The van der Waals surface area contributed by atoms with Crippen molar-refractivity contribution in [1.29, 1.82) is 0 Å². The summed E-state index contributed by atoms with van der Waals surface area (Å²) in [6.45, 7) is 4.26. The molecule has 1 aromatic heterocycles. The molecule has 1 amide bonds. The summed E-state index contributed by atoms with van der Waals surface area (Å²) in [4.78, 5) is 14.7. The largest absolute Gasteiger partial charge is 0.497 e. The average molecular weight is 458 g/mol. The van der Waals surface area contributed by atoms with E-state index in [1.165, 1.54) is 23.9 Å². The van der Waals surface area contributed by atoms with Gasteiger partial charge in [-0.3, -0.25) is 14.3 Å². The maximum absolute atomic E-state index is 13.5.